The molecule has 2 nitrogen and oxygen atoms in total. The zero-order valence-electron chi connectivity index (χ0n) is 13.2. The van der Waals surface area contributed by atoms with Gasteiger partial charge < -0.3 is 0 Å². The van der Waals surface area contributed by atoms with Crippen LogP contribution in [-0.2, 0) is 0 Å². The van der Waals surface area contributed by atoms with Gasteiger partial charge in [-0.1, -0.05) is 55.8 Å². The van der Waals surface area contributed by atoms with E-state index in [1.54, 1.807) is 0 Å². The fraction of sp³-hybridized carbons (Fsp3) is 0.556. The minimum Gasteiger partial charge on any atom is -0.300 e. The van der Waals surface area contributed by atoms with Crippen LogP contribution < -0.4 is 0 Å². The molecule has 2 heteroatoms. The van der Waals surface area contributed by atoms with Crippen LogP contribution in [0, 0.1) is 6.92 Å². The Morgan fingerprint density at radius 1 is 1.20 bits per heavy atom. The van der Waals surface area contributed by atoms with Crippen molar-refractivity contribution in [2.45, 2.75) is 33.2 Å². The molecule has 20 heavy (non-hydrogen) atoms. The van der Waals surface area contributed by atoms with Gasteiger partial charge in [0.05, 0.1) is 0 Å². The molecular formula is C18H28N2. The van der Waals surface area contributed by atoms with E-state index >= 15 is 0 Å². The summed E-state index contributed by atoms with van der Waals surface area (Å²) in [5.41, 5.74) is 2.62. The van der Waals surface area contributed by atoms with Crippen LogP contribution in [-0.4, -0.2) is 48.6 Å². The van der Waals surface area contributed by atoms with Crippen molar-refractivity contribution in [2.75, 3.05) is 32.7 Å². The molecule has 0 spiro atoms. The minimum absolute atomic E-state index is 0.762. The van der Waals surface area contributed by atoms with Gasteiger partial charge in [-0.05, 0) is 32.0 Å². The number of aryl methyl sites for hydroxylation is 1. The van der Waals surface area contributed by atoms with Crippen LogP contribution in [0.3, 0.4) is 0 Å². The van der Waals surface area contributed by atoms with Crippen molar-refractivity contribution in [3.8, 4) is 0 Å². The first-order valence-corrected chi connectivity index (χ1v) is 7.92. The van der Waals surface area contributed by atoms with Gasteiger partial charge in [0.1, 0.15) is 0 Å². The maximum Gasteiger partial charge on any atom is 0.0235 e. The molecule has 1 saturated heterocycles. The lowest BCUT2D eigenvalue weighted by atomic mass is 10.1. The predicted octanol–water partition coefficient (Wildman–Crippen LogP) is 3.42. The molecule has 1 heterocycles. The number of rotatable bonds is 6. The smallest absolute Gasteiger partial charge is 0.0235 e. The van der Waals surface area contributed by atoms with Crippen molar-refractivity contribution in [3.05, 3.63) is 41.5 Å². The molecule has 0 amide bonds. The van der Waals surface area contributed by atoms with Gasteiger partial charge in [-0.3, -0.25) is 9.80 Å². The van der Waals surface area contributed by atoms with Gasteiger partial charge in [0.25, 0.3) is 0 Å². The number of hydrogen-bond donors (Lipinski definition) is 0. The second kappa shape index (κ2) is 7.61. The third-order valence-electron chi connectivity index (χ3n) is 4.33. The fourth-order valence-corrected chi connectivity index (χ4v) is 3.03. The van der Waals surface area contributed by atoms with Crippen LogP contribution in [0.2, 0.25) is 0 Å². The minimum atomic E-state index is 0.762. The van der Waals surface area contributed by atoms with Gasteiger partial charge in [0, 0.05) is 25.7 Å². The van der Waals surface area contributed by atoms with E-state index in [-0.39, 0.29) is 0 Å². The zero-order chi connectivity index (χ0) is 14.4. The van der Waals surface area contributed by atoms with E-state index in [0.29, 0.717) is 0 Å². The van der Waals surface area contributed by atoms with Crippen LogP contribution in [0.15, 0.2) is 30.3 Å². The van der Waals surface area contributed by atoms with E-state index in [9.17, 15) is 0 Å². The highest BCUT2D eigenvalue weighted by molar-refractivity contribution is 5.49. The second-order valence-electron chi connectivity index (χ2n) is 5.74. The molecule has 0 N–H and O–H groups in total. The summed E-state index contributed by atoms with van der Waals surface area (Å²) in [4.78, 5) is 5.15. The lowest BCUT2D eigenvalue weighted by Crippen LogP contribution is -2.37. The highest BCUT2D eigenvalue weighted by atomic mass is 15.2. The molecule has 1 fully saturated rings. The standard InChI is InChI=1S/C18H28N2/c1-4-20(5-2)18-12-14-19(15-18)13-6-7-17-10-8-16(3)9-11-17/h6-11,18H,4-5,12-15H2,1-3H3/b7-6+. The van der Waals surface area contributed by atoms with Gasteiger partial charge in [0.15, 0.2) is 0 Å². The van der Waals surface area contributed by atoms with Crippen molar-refractivity contribution in [1.29, 1.82) is 0 Å². The molecule has 1 aromatic rings. The quantitative estimate of drug-likeness (QED) is 0.783. The molecule has 1 aromatic carbocycles. The van der Waals surface area contributed by atoms with E-state index in [1.165, 1.54) is 43.7 Å². The van der Waals surface area contributed by atoms with Crippen LogP contribution in [0.5, 0.6) is 0 Å². The van der Waals surface area contributed by atoms with Crippen molar-refractivity contribution < 1.29 is 0 Å². The molecule has 0 radical (unpaired) electrons. The number of nitrogens with zero attached hydrogens (tertiary/aromatic N) is 2. The highest BCUT2D eigenvalue weighted by Gasteiger charge is 2.24. The molecule has 0 aromatic heterocycles. The summed E-state index contributed by atoms with van der Waals surface area (Å²) in [5.74, 6) is 0. The van der Waals surface area contributed by atoms with Gasteiger partial charge in [-0.2, -0.15) is 0 Å². The average molecular weight is 272 g/mol. The summed E-state index contributed by atoms with van der Waals surface area (Å²) in [6, 6.07) is 9.48. The second-order valence-corrected chi connectivity index (χ2v) is 5.74. The van der Waals surface area contributed by atoms with E-state index in [1.807, 2.05) is 0 Å². The Kier molecular flexibility index (Phi) is 5.81. The molecule has 0 aliphatic carbocycles. The molecule has 1 atom stereocenters. The Bertz CT molecular complexity index is 418. The Morgan fingerprint density at radius 2 is 1.90 bits per heavy atom. The Hall–Kier alpha value is -1.12. The Morgan fingerprint density at radius 3 is 2.55 bits per heavy atom. The SMILES string of the molecule is CCN(CC)C1CCN(C/C=C/c2ccc(C)cc2)C1. The fourth-order valence-electron chi connectivity index (χ4n) is 3.03. The Labute approximate surface area is 124 Å². The summed E-state index contributed by atoms with van der Waals surface area (Å²) in [5, 5.41) is 0. The summed E-state index contributed by atoms with van der Waals surface area (Å²) in [7, 11) is 0. The van der Waals surface area contributed by atoms with E-state index in [2.05, 4.69) is 67.0 Å². The molecule has 2 rings (SSSR count). The summed E-state index contributed by atoms with van der Waals surface area (Å²) in [6.07, 6.45) is 5.86. The normalized spacial score (nSPS) is 20.3. The van der Waals surface area contributed by atoms with Crippen LogP contribution in [0.25, 0.3) is 6.08 Å². The largest absolute Gasteiger partial charge is 0.300 e. The van der Waals surface area contributed by atoms with Crippen molar-refractivity contribution >= 4 is 6.08 Å². The first-order valence-electron chi connectivity index (χ1n) is 7.92. The topological polar surface area (TPSA) is 6.48 Å². The third-order valence-corrected chi connectivity index (χ3v) is 4.33. The van der Waals surface area contributed by atoms with Gasteiger partial charge in [-0.25, -0.2) is 0 Å². The monoisotopic (exact) mass is 272 g/mol. The summed E-state index contributed by atoms with van der Waals surface area (Å²) in [6.45, 7) is 12.5. The van der Waals surface area contributed by atoms with Gasteiger partial charge in [-0.15, -0.1) is 0 Å². The molecule has 1 aliphatic heterocycles. The summed E-state index contributed by atoms with van der Waals surface area (Å²) < 4.78 is 0. The van der Waals surface area contributed by atoms with Gasteiger partial charge >= 0.3 is 0 Å². The molecule has 0 bridgehead atoms. The maximum atomic E-state index is 2.59. The first-order chi connectivity index (χ1) is 9.72. The molecule has 1 unspecified atom stereocenters. The number of likely N-dealkylation sites (N-methyl/N-ethyl adjacent to an activating group) is 1. The van der Waals surface area contributed by atoms with E-state index in [0.717, 1.165) is 12.6 Å². The van der Waals surface area contributed by atoms with Crippen molar-refractivity contribution in [2.24, 2.45) is 0 Å². The molecule has 0 saturated carbocycles. The van der Waals surface area contributed by atoms with E-state index < -0.39 is 0 Å². The lowest BCUT2D eigenvalue weighted by molar-refractivity contribution is 0.215. The molecular weight excluding hydrogens is 244 g/mol. The number of likely N-dealkylation sites (tertiary alicyclic amines) is 1. The molecule has 110 valence electrons. The van der Waals surface area contributed by atoms with E-state index in [4.69, 9.17) is 0 Å². The van der Waals surface area contributed by atoms with Crippen LogP contribution in [0.4, 0.5) is 0 Å². The maximum absolute atomic E-state index is 2.59. The Balaban J connectivity index is 1.79. The predicted molar refractivity (Wildman–Crippen MR) is 88.0 cm³/mol. The van der Waals surface area contributed by atoms with Crippen LogP contribution in [0.1, 0.15) is 31.4 Å². The third kappa shape index (κ3) is 4.19. The molecule has 1 aliphatic rings. The van der Waals surface area contributed by atoms with Crippen LogP contribution >= 0.6 is 0 Å². The first kappa shape index (κ1) is 15.3. The number of benzene rings is 1. The van der Waals surface area contributed by atoms with Gasteiger partial charge in [0.2, 0.25) is 0 Å². The van der Waals surface area contributed by atoms with Crippen molar-refractivity contribution in [1.82, 2.24) is 9.80 Å². The van der Waals surface area contributed by atoms with Crippen molar-refractivity contribution in [3.63, 3.8) is 0 Å². The average Bonchev–Trinajstić information content (AvgIpc) is 2.91. The highest BCUT2D eigenvalue weighted by Crippen LogP contribution is 2.15. The lowest BCUT2D eigenvalue weighted by Gasteiger charge is -2.25. The zero-order valence-corrected chi connectivity index (χ0v) is 13.2. The summed E-state index contributed by atoms with van der Waals surface area (Å²) >= 11 is 0. The number of hydrogen-bond acceptors (Lipinski definition) is 2.